The summed E-state index contributed by atoms with van der Waals surface area (Å²) in [6.45, 7) is 21.6. The topological polar surface area (TPSA) is 26.3 Å². The largest absolute Gasteiger partial charge is 0.465 e. The number of carbonyl (C=O) groups is 1. The summed E-state index contributed by atoms with van der Waals surface area (Å²) in [5.41, 5.74) is 8.35. The number of benzene rings is 2. The van der Waals surface area contributed by atoms with Gasteiger partial charge in [0.05, 0.1) is 12.7 Å². The molecule has 0 radical (unpaired) electrons. The van der Waals surface area contributed by atoms with Gasteiger partial charge in [0, 0.05) is 0 Å². The van der Waals surface area contributed by atoms with Gasteiger partial charge in [-0.3, -0.25) is 0 Å². The first-order valence-corrected chi connectivity index (χ1v) is 9.98. The maximum Gasteiger partial charge on any atom is 0.338 e. The minimum Gasteiger partial charge on any atom is -0.465 e. The van der Waals surface area contributed by atoms with Crippen molar-refractivity contribution in [1.29, 1.82) is 0 Å². The molecule has 154 valence electrons. The van der Waals surface area contributed by atoms with Gasteiger partial charge < -0.3 is 4.74 Å². The van der Waals surface area contributed by atoms with Crippen LogP contribution in [0.3, 0.4) is 0 Å². The Hall–Kier alpha value is -2.09. The van der Waals surface area contributed by atoms with Crippen LogP contribution in [0.2, 0.25) is 0 Å². The van der Waals surface area contributed by atoms with Gasteiger partial charge in [-0.1, -0.05) is 65.0 Å². The fourth-order valence-corrected chi connectivity index (χ4v) is 3.20. The smallest absolute Gasteiger partial charge is 0.338 e. The lowest BCUT2D eigenvalue weighted by molar-refractivity contribution is 0.0599. The highest BCUT2D eigenvalue weighted by Gasteiger charge is 2.33. The first kappa shape index (κ1) is 23.9. The van der Waals surface area contributed by atoms with E-state index in [1.54, 1.807) is 0 Å². The molecule has 0 saturated heterocycles. The zero-order valence-electron chi connectivity index (χ0n) is 19.7. The van der Waals surface area contributed by atoms with E-state index in [4.69, 9.17) is 4.74 Å². The highest BCUT2D eigenvalue weighted by Crippen LogP contribution is 2.40. The van der Waals surface area contributed by atoms with Gasteiger partial charge in [0.25, 0.3) is 0 Å². The summed E-state index contributed by atoms with van der Waals surface area (Å²) in [4.78, 5) is 11.6. The Labute approximate surface area is 172 Å². The Morgan fingerprint density at radius 1 is 0.714 bits per heavy atom. The lowest BCUT2D eigenvalue weighted by Crippen LogP contribution is -2.33. The third-order valence-electron chi connectivity index (χ3n) is 6.76. The van der Waals surface area contributed by atoms with Gasteiger partial charge in [0.1, 0.15) is 0 Å². The predicted octanol–water partition coefficient (Wildman–Crippen LogP) is 7.03. The van der Waals surface area contributed by atoms with E-state index in [-0.39, 0.29) is 11.4 Å². The van der Waals surface area contributed by atoms with Crippen molar-refractivity contribution in [2.45, 2.75) is 74.7 Å². The van der Waals surface area contributed by atoms with Crippen LogP contribution in [0, 0.1) is 40.0 Å². The Bertz CT molecular complexity index is 793. The van der Waals surface area contributed by atoms with Crippen molar-refractivity contribution in [3.8, 4) is 0 Å². The van der Waals surface area contributed by atoms with Crippen molar-refractivity contribution in [2.75, 3.05) is 7.11 Å². The number of hydrogen-bond donors (Lipinski definition) is 0. The third kappa shape index (κ3) is 4.84. The summed E-state index contributed by atoms with van der Waals surface area (Å²) in [5, 5.41) is 0. The molecule has 0 aliphatic heterocycles. The second-order valence-corrected chi connectivity index (χ2v) is 9.23. The lowest BCUT2D eigenvalue weighted by Gasteiger charge is -2.39. The highest BCUT2D eigenvalue weighted by atomic mass is 16.5. The Balaban J connectivity index is 0.000000283. The summed E-state index contributed by atoms with van der Waals surface area (Å²) >= 11 is 0. The monoisotopic (exact) mass is 382 g/mol. The van der Waals surface area contributed by atoms with Crippen LogP contribution in [0.5, 0.6) is 0 Å². The molecular weight excluding hydrogens is 344 g/mol. The summed E-state index contributed by atoms with van der Waals surface area (Å²) in [6.07, 6.45) is 0. The maximum absolute atomic E-state index is 11.6. The number of hydrogen-bond acceptors (Lipinski definition) is 2. The number of methoxy groups -OCH3 is 1. The van der Waals surface area contributed by atoms with Gasteiger partial charge in [-0.05, 0) is 78.8 Å². The van der Waals surface area contributed by atoms with Crippen molar-refractivity contribution in [2.24, 2.45) is 5.41 Å². The first-order valence-electron chi connectivity index (χ1n) is 9.98. The van der Waals surface area contributed by atoms with E-state index in [0.717, 1.165) is 16.7 Å². The molecule has 0 unspecified atom stereocenters. The SMILES string of the molecule is CC(C)(C)C(C)(C)c1ccccc1.COC(=O)c1c(C)c(C)c(C)c(C)c1C. The third-order valence-corrected chi connectivity index (χ3v) is 6.76. The maximum atomic E-state index is 11.6. The fraction of sp³-hybridized carbons (Fsp3) is 0.500. The summed E-state index contributed by atoms with van der Waals surface area (Å²) < 4.78 is 4.81. The van der Waals surface area contributed by atoms with Crippen LogP contribution in [-0.2, 0) is 10.2 Å². The van der Waals surface area contributed by atoms with E-state index in [9.17, 15) is 4.79 Å². The Morgan fingerprint density at radius 3 is 1.46 bits per heavy atom. The van der Waals surface area contributed by atoms with Crippen LogP contribution in [-0.4, -0.2) is 13.1 Å². The van der Waals surface area contributed by atoms with Crippen molar-refractivity contribution in [1.82, 2.24) is 0 Å². The van der Waals surface area contributed by atoms with Gasteiger partial charge in [-0.15, -0.1) is 0 Å². The normalized spacial score (nSPS) is 11.5. The summed E-state index contributed by atoms with van der Waals surface area (Å²) in [7, 11) is 1.42. The minimum absolute atomic E-state index is 0.230. The van der Waals surface area contributed by atoms with E-state index in [1.165, 1.54) is 29.4 Å². The average Bonchev–Trinajstić information content (AvgIpc) is 2.65. The number of carbonyl (C=O) groups excluding carboxylic acids is 1. The van der Waals surface area contributed by atoms with Crippen molar-refractivity contribution < 1.29 is 9.53 Å². The molecule has 0 heterocycles. The van der Waals surface area contributed by atoms with Crippen molar-refractivity contribution in [3.05, 3.63) is 69.3 Å². The van der Waals surface area contributed by atoms with Crippen LogP contribution in [0.25, 0.3) is 0 Å². The molecule has 0 amide bonds. The molecule has 2 aromatic rings. The van der Waals surface area contributed by atoms with E-state index in [2.05, 4.69) is 71.9 Å². The van der Waals surface area contributed by atoms with Crippen LogP contribution in [0.1, 0.15) is 78.4 Å². The van der Waals surface area contributed by atoms with Crippen LogP contribution >= 0.6 is 0 Å². The van der Waals surface area contributed by atoms with Crippen LogP contribution in [0.15, 0.2) is 30.3 Å². The molecule has 0 N–H and O–H groups in total. The number of ether oxygens (including phenoxy) is 1. The van der Waals surface area contributed by atoms with E-state index < -0.39 is 0 Å². The van der Waals surface area contributed by atoms with E-state index >= 15 is 0 Å². The standard InChI is InChI=1S/C13H18O2.C13H20/c1-7-8(2)10(4)12(13(14)15-6)11(5)9(7)3;1-12(2,3)13(4,5)11-9-7-6-8-10-11/h1-6H3;6-10H,1-5H3. The number of esters is 1. The van der Waals surface area contributed by atoms with E-state index in [0.29, 0.717) is 5.41 Å². The van der Waals surface area contributed by atoms with E-state index in [1.807, 2.05) is 27.7 Å². The van der Waals surface area contributed by atoms with Gasteiger partial charge in [-0.25, -0.2) is 4.79 Å². The van der Waals surface area contributed by atoms with Gasteiger partial charge in [0.2, 0.25) is 0 Å². The zero-order valence-corrected chi connectivity index (χ0v) is 19.7. The molecular formula is C26H38O2. The molecule has 0 atom stereocenters. The highest BCUT2D eigenvalue weighted by molar-refractivity contribution is 5.93. The molecule has 0 bridgehead atoms. The molecule has 2 aromatic carbocycles. The van der Waals surface area contributed by atoms with Gasteiger partial charge >= 0.3 is 5.97 Å². The Morgan fingerprint density at radius 2 is 1.11 bits per heavy atom. The quantitative estimate of drug-likeness (QED) is 0.521. The van der Waals surface area contributed by atoms with Gasteiger partial charge in [-0.2, -0.15) is 0 Å². The molecule has 0 aliphatic rings. The molecule has 0 aliphatic carbocycles. The zero-order chi connectivity index (χ0) is 21.9. The second kappa shape index (κ2) is 8.94. The van der Waals surface area contributed by atoms with Crippen LogP contribution in [0.4, 0.5) is 0 Å². The van der Waals surface area contributed by atoms with Crippen LogP contribution < -0.4 is 0 Å². The molecule has 2 nitrogen and oxygen atoms in total. The average molecular weight is 383 g/mol. The Kier molecular flexibility index (Phi) is 7.65. The van der Waals surface area contributed by atoms with Crippen molar-refractivity contribution >= 4 is 5.97 Å². The molecule has 0 saturated carbocycles. The molecule has 0 aromatic heterocycles. The predicted molar refractivity (Wildman–Crippen MR) is 120 cm³/mol. The molecule has 0 fully saturated rings. The minimum atomic E-state index is -0.240. The van der Waals surface area contributed by atoms with Gasteiger partial charge in [0.15, 0.2) is 0 Å². The molecule has 0 spiro atoms. The summed E-state index contributed by atoms with van der Waals surface area (Å²) in [6, 6.07) is 10.7. The lowest BCUT2D eigenvalue weighted by atomic mass is 9.65. The molecule has 28 heavy (non-hydrogen) atoms. The first-order chi connectivity index (χ1) is 12.8. The fourth-order valence-electron chi connectivity index (χ4n) is 3.20. The second-order valence-electron chi connectivity index (χ2n) is 9.23. The molecule has 2 rings (SSSR count). The van der Waals surface area contributed by atoms with Crippen molar-refractivity contribution in [3.63, 3.8) is 0 Å². The summed E-state index contributed by atoms with van der Waals surface area (Å²) in [5.74, 6) is -0.240. The number of rotatable bonds is 2. The molecule has 2 heteroatoms.